The van der Waals surface area contributed by atoms with E-state index < -0.39 is 21.3 Å². The molecule has 0 radical (unpaired) electrons. The summed E-state index contributed by atoms with van der Waals surface area (Å²) < 4.78 is 24.2. The molecule has 1 saturated carbocycles. The minimum absolute atomic E-state index is 0.0778. The zero-order valence-corrected chi connectivity index (χ0v) is 11.8. The Bertz CT molecular complexity index is 651. The molecule has 1 fully saturated rings. The lowest BCUT2D eigenvalue weighted by molar-refractivity contribution is -0.145. The number of rotatable bonds is 4. The van der Waals surface area contributed by atoms with Crippen LogP contribution in [-0.4, -0.2) is 31.8 Å². The number of benzene rings is 1. The highest BCUT2D eigenvalue weighted by Crippen LogP contribution is 2.38. The standard InChI is InChI=1S/C14H17NO4S/c16-13(17)14(15-9-10-5-6-10)7-8-20(18,19)12-4-2-1-3-11(12)14/h1-4,10,15H,5-9H2,(H,16,17). The van der Waals surface area contributed by atoms with Crippen molar-refractivity contribution in [1.29, 1.82) is 0 Å². The Labute approximate surface area is 117 Å². The summed E-state index contributed by atoms with van der Waals surface area (Å²) in [5, 5.41) is 12.8. The van der Waals surface area contributed by atoms with Gasteiger partial charge in [0.25, 0.3) is 0 Å². The van der Waals surface area contributed by atoms with Gasteiger partial charge in [0.1, 0.15) is 5.54 Å². The minimum atomic E-state index is -3.37. The maximum Gasteiger partial charge on any atom is 0.328 e. The van der Waals surface area contributed by atoms with Crippen molar-refractivity contribution in [2.75, 3.05) is 12.3 Å². The number of carboxylic acid groups (broad SMARTS) is 1. The molecule has 0 aromatic heterocycles. The zero-order chi connectivity index (χ0) is 14.4. The van der Waals surface area contributed by atoms with Gasteiger partial charge in [-0.25, -0.2) is 13.2 Å². The number of aliphatic carboxylic acids is 1. The van der Waals surface area contributed by atoms with Gasteiger partial charge in [0, 0.05) is 5.56 Å². The van der Waals surface area contributed by atoms with Crippen molar-refractivity contribution in [3.63, 3.8) is 0 Å². The van der Waals surface area contributed by atoms with Crippen molar-refractivity contribution >= 4 is 15.8 Å². The average molecular weight is 295 g/mol. The third-order valence-corrected chi connectivity index (χ3v) is 5.95. The van der Waals surface area contributed by atoms with E-state index >= 15 is 0 Å². The van der Waals surface area contributed by atoms with Crippen LogP contribution in [0.15, 0.2) is 29.2 Å². The van der Waals surface area contributed by atoms with Gasteiger partial charge in [-0.05, 0) is 37.8 Å². The van der Waals surface area contributed by atoms with Crippen molar-refractivity contribution in [3.8, 4) is 0 Å². The largest absolute Gasteiger partial charge is 0.480 e. The van der Waals surface area contributed by atoms with E-state index in [1.54, 1.807) is 18.2 Å². The van der Waals surface area contributed by atoms with Crippen molar-refractivity contribution < 1.29 is 18.3 Å². The van der Waals surface area contributed by atoms with Crippen LogP contribution in [0.1, 0.15) is 24.8 Å². The molecule has 6 heteroatoms. The van der Waals surface area contributed by atoms with Crippen LogP contribution < -0.4 is 5.32 Å². The lowest BCUT2D eigenvalue weighted by atomic mass is 9.86. The van der Waals surface area contributed by atoms with E-state index in [2.05, 4.69) is 5.32 Å². The first-order valence-corrected chi connectivity index (χ1v) is 8.42. The van der Waals surface area contributed by atoms with E-state index in [4.69, 9.17) is 0 Å². The summed E-state index contributed by atoms with van der Waals surface area (Å²) in [7, 11) is -3.37. The lowest BCUT2D eigenvalue weighted by Gasteiger charge is -2.36. The van der Waals surface area contributed by atoms with E-state index in [-0.39, 0.29) is 17.1 Å². The summed E-state index contributed by atoms with van der Waals surface area (Å²) in [6, 6.07) is 6.44. The number of nitrogens with one attached hydrogen (secondary N) is 1. The second-order valence-corrected chi connectivity index (χ2v) is 7.68. The Morgan fingerprint density at radius 3 is 2.70 bits per heavy atom. The fraction of sp³-hybridized carbons (Fsp3) is 0.500. The monoisotopic (exact) mass is 295 g/mol. The van der Waals surface area contributed by atoms with Crippen molar-refractivity contribution in [2.24, 2.45) is 5.92 Å². The molecule has 20 heavy (non-hydrogen) atoms. The molecule has 2 N–H and O–H groups in total. The molecule has 1 unspecified atom stereocenters. The molecule has 1 atom stereocenters. The van der Waals surface area contributed by atoms with Gasteiger partial charge >= 0.3 is 5.97 Å². The molecule has 5 nitrogen and oxygen atoms in total. The summed E-state index contributed by atoms with van der Waals surface area (Å²) in [6.45, 7) is 0.626. The number of hydrogen-bond donors (Lipinski definition) is 2. The Balaban J connectivity index is 2.08. The molecule has 3 rings (SSSR count). The summed E-state index contributed by atoms with van der Waals surface area (Å²) in [5.74, 6) is -0.606. The molecule has 1 aliphatic heterocycles. The molecule has 2 aliphatic rings. The fourth-order valence-corrected chi connectivity index (χ4v) is 4.40. The highest BCUT2D eigenvalue weighted by molar-refractivity contribution is 7.91. The summed E-state index contributed by atoms with van der Waals surface area (Å²) >= 11 is 0. The van der Waals surface area contributed by atoms with Gasteiger partial charge in [-0.2, -0.15) is 0 Å². The van der Waals surface area contributed by atoms with Gasteiger partial charge in [0.15, 0.2) is 9.84 Å². The molecule has 1 heterocycles. The molecular formula is C14H17NO4S. The Kier molecular flexibility index (Phi) is 3.10. The maximum atomic E-state index is 12.1. The quantitative estimate of drug-likeness (QED) is 0.870. The molecule has 0 amide bonds. The number of carbonyl (C=O) groups is 1. The van der Waals surface area contributed by atoms with Gasteiger partial charge in [0.05, 0.1) is 10.6 Å². The molecule has 0 bridgehead atoms. The number of hydrogen-bond acceptors (Lipinski definition) is 4. The molecular weight excluding hydrogens is 278 g/mol. The second-order valence-electron chi connectivity index (χ2n) is 5.60. The fourth-order valence-electron chi connectivity index (χ4n) is 2.74. The van der Waals surface area contributed by atoms with Crippen LogP contribution in [0.3, 0.4) is 0 Å². The maximum absolute atomic E-state index is 12.1. The van der Waals surface area contributed by atoms with Crippen LogP contribution in [-0.2, 0) is 20.2 Å². The van der Waals surface area contributed by atoms with Gasteiger partial charge in [-0.1, -0.05) is 18.2 Å². The molecule has 108 valence electrons. The third kappa shape index (κ3) is 2.13. The Morgan fingerprint density at radius 1 is 1.35 bits per heavy atom. The van der Waals surface area contributed by atoms with Crippen LogP contribution in [0.2, 0.25) is 0 Å². The van der Waals surface area contributed by atoms with E-state index in [0.717, 1.165) is 12.8 Å². The predicted molar refractivity (Wildman–Crippen MR) is 73.2 cm³/mol. The molecule has 0 saturated heterocycles. The van der Waals surface area contributed by atoms with Gasteiger partial charge in [0.2, 0.25) is 0 Å². The predicted octanol–water partition coefficient (Wildman–Crippen LogP) is 1.14. The van der Waals surface area contributed by atoms with Crippen LogP contribution in [0.4, 0.5) is 0 Å². The second kappa shape index (κ2) is 4.56. The van der Waals surface area contributed by atoms with Crippen molar-refractivity contribution in [3.05, 3.63) is 29.8 Å². The molecule has 1 aromatic rings. The molecule has 1 aliphatic carbocycles. The van der Waals surface area contributed by atoms with E-state index in [9.17, 15) is 18.3 Å². The van der Waals surface area contributed by atoms with E-state index in [1.807, 2.05) is 0 Å². The van der Waals surface area contributed by atoms with Crippen LogP contribution in [0, 0.1) is 5.92 Å². The third-order valence-electron chi connectivity index (χ3n) is 4.18. The number of fused-ring (bicyclic) bond motifs is 1. The summed E-state index contributed by atoms with van der Waals surface area (Å²) in [5.41, 5.74) is -0.899. The topological polar surface area (TPSA) is 83.5 Å². The highest BCUT2D eigenvalue weighted by atomic mass is 32.2. The lowest BCUT2D eigenvalue weighted by Crippen LogP contribution is -2.53. The van der Waals surface area contributed by atoms with Gasteiger partial charge in [-0.15, -0.1) is 0 Å². The average Bonchev–Trinajstić information content (AvgIpc) is 3.22. The van der Waals surface area contributed by atoms with E-state index in [1.165, 1.54) is 6.07 Å². The van der Waals surface area contributed by atoms with Crippen LogP contribution >= 0.6 is 0 Å². The molecule has 1 aromatic carbocycles. The van der Waals surface area contributed by atoms with Crippen LogP contribution in [0.5, 0.6) is 0 Å². The smallest absolute Gasteiger partial charge is 0.328 e. The minimum Gasteiger partial charge on any atom is -0.480 e. The van der Waals surface area contributed by atoms with Crippen molar-refractivity contribution in [1.82, 2.24) is 5.32 Å². The van der Waals surface area contributed by atoms with E-state index in [0.29, 0.717) is 18.0 Å². The Morgan fingerprint density at radius 2 is 2.05 bits per heavy atom. The molecule has 0 spiro atoms. The summed E-state index contributed by atoms with van der Waals surface area (Å²) in [6.07, 6.45) is 2.31. The number of carboxylic acids is 1. The van der Waals surface area contributed by atoms with Crippen molar-refractivity contribution in [2.45, 2.75) is 29.7 Å². The zero-order valence-electron chi connectivity index (χ0n) is 11.0. The van der Waals surface area contributed by atoms with Gasteiger partial charge < -0.3 is 5.11 Å². The first-order chi connectivity index (χ1) is 9.46. The first-order valence-electron chi connectivity index (χ1n) is 6.76. The highest BCUT2D eigenvalue weighted by Gasteiger charge is 2.48. The Hall–Kier alpha value is -1.40. The first kappa shape index (κ1) is 13.6. The summed E-state index contributed by atoms with van der Waals surface area (Å²) in [4.78, 5) is 12.0. The van der Waals surface area contributed by atoms with Crippen LogP contribution in [0.25, 0.3) is 0 Å². The number of sulfone groups is 1. The normalized spacial score (nSPS) is 27.8. The SMILES string of the molecule is O=C(O)C1(NCC2CC2)CCS(=O)(=O)c2ccccc21. The van der Waals surface area contributed by atoms with Gasteiger partial charge in [-0.3, -0.25) is 5.32 Å².